The molecule has 2 atom stereocenters. The molecule has 100 valence electrons. The van der Waals surface area contributed by atoms with Crippen LogP contribution in [0, 0.1) is 0 Å². The molecule has 0 unspecified atom stereocenters. The van der Waals surface area contributed by atoms with E-state index in [2.05, 4.69) is 5.32 Å². The fraction of sp³-hybridized carbons (Fsp3) is 0.214. The predicted octanol–water partition coefficient (Wildman–Crippen LogP) is 1.43. The van der Waals surface area contributed by atoms with Gasteiger partial charge in [0.1, 0.15) is 5.66 Å². The summed E-state index contributed by atoms with van der Waals surface area (Å²) in [6.45, 7) is 1.42. The Morgan fingerprint density at radius 1 is 1.37 bits per heavy atom. The van der Waals surface area contributed by atoms with E-state index >= 15 is 0 Å². The Balaban J connectivity index is 2.12. The largest absolute Gasteiger partial charge is 0.335 e. The highest BCUT2D eigenvalue weighted by Gasteiger charge is 2.25. The minimum atomic E-state index is -1.21. The summed E-state index contributed by atoms with van der Waals surface area (Å²) in [4.78, 5) is 12.5. The van der Waals surface area contributed by atoms with Crippen LogP contribution < -0.4 is 11.1 Å². The van der Waals surface area contributed by atoms with Crippen molar-refractivity contribution in [3.8, 4) is 0 Å². The van der Waals surface area contributed by atoms with Crippen molar-refractivity contribution in [3.05, 3.63) is 53.5 Å². The number of allylic oxidation sites excluding steroid dienone is 1. The molecule has 3 N–H and O–H groups in total. The van der Waals surface area contributed by atoms with Gasteiger partial charge in [-0.1, -0.05) is 24.3 Å². The Bertz CT molecular complexity index is 566. The van der Waals surface area contributed by atoms with Crippen LogP contribution in [0.3, 0.4) is 0 Å². The Hall–Kier alpha value is -1.72. The maximum Gasteiger partial charge on any atom is 0.218 e. The summed E-state index contributed by atoms with van der Waals surface area (Å²) >= 11 is 0. The van der Waals surface area contributed by atoms with Crippen LogP contribution in [-0.2, 0) is 15.6 Å². The second-order valence-electron chi connectivity index (χ2n) is 4.45. The molecule has 0 saturated heterocycles. The van der Waals surface area contributed by atoms with Gasteiger partial charge in [0.05, 0.1) is 10.8 Å². The highest BCUT2D eigenvalue weighted by Crippen LogP contribution is 2.22. The van der Waals surface area contributed by atoms with E-state index in [-0.39, 0.29) is 5.91 Å². The number of hydrogen-bond acceptors (Lipinski definition) is 3. The summed E-state index contributed by atoms with van der Waals surface area (Å²) in [7, 11) is -1.21. The van der Waals surface area contributed by atoms with Crippen molar-refractivity contribution in [1.82, 2.24) is 5.32 Å². The molecule has 1 amide bonds. The smallest absolute Gasteiger partial charge is 0.218 e. The van der Waals surface area contributed by atoms with E-state index < -0.39 is 16.5 Å². The van der Waals surface area contributed by atoms with E-state index in [0.29, 0.717) is 11.3 Å². The molecule has 0 fully saturated rings. The van der Waals surface area contributed by atoms with Gasteiger partial charge >= 0.3 is 0 Å². The number of amides is 1. The van der Waals surface area contributed by atoms with E-state index in [4.69, 9.17) is 5.73 Å². The van der Waals surface area contributed by atoms with Gasteiger partial charge in [-0.25, -0.2) is 4.21 Å². The van der Waals surface area contributed by atoms with Gasteiger partial charge < -0.3 is 11.1 Å². The third kappa shape index (κ3) is 3.39. The molecule has 4 nitrogen and oxygen atoms in total. The van der Waals surface area contributed by atoms with Gasteiger partial charge in [0.2, 0.25) is 5.91 Å². The van der Waals surface area contributed by atoms with Crippen LogP contribution in [0.1, 0.15) is 13.3 Å². The molecule has 0 saturated carbocycles. The van der Waals surface area contributed by atoms with Crippen molar-refractivity contribution >= 4 is 16.7 Å². The van der Waals surface area contributed by atoms with Crippen LogP contribution >= 0.6 is 0 Å². The third-order valence-corrected chi connectivity index (χ3v) is 4.20. The zero-order valence-corrected chi connectivity index (χ0v) is 11.4. The first kappa shape index (κ1) is 13.7. The van der Waals surface area contributed by atoms with E-state index in [9.17, 15) is 9.00 Å². The Morgan fingerprint density at radius 2 is 2.05 bits per heavy atom. The molecule has 0 aliphatic heterocycles. The summed E-state index contributed by atoms with van der Waals surface area (Å²) in [5.41, 5.74) is 5.12. The van der Waals surface area contributed by atoms with Crippen molar-refractivity contribution in [1.29, 1.82) is 0 Å². The van der Waals surface area contributed by atoms with E-state index in [1.165, 1.54) is 6.92 Å². The van der Waals surface area contributed by atoms with Crippen molar-refractivity contribution < 1.29 is 9.00 Å². The van der Waals surface area contributed by atoms with Gasteiger partial charge in [0.25, 0.3) is 0 Å². The van der Waals surface area contributed by atoms with Crippen LogP contribution in [0.4, 0.5) is 0 Å². The molecule has 19 heavy (non-hydrogen) atoms. The van der Waals surface area contributed by atoms with Gasteiger partial charge in [-0.15, -0.1) is 0 Å². The van der Waals surface area contributed by atoms with Crippen molar-refractivity contribution in [2.45, 2.75) is 23.9 Å². The number of nitrogens with one attached hydrogen (secondary N) is 1. The SMILES string of the molecule is CC(=O)N[C@]1(N)C=CC([S@@](=O)c2ccccc2)=CC1. The predicted molar refractivity (Wildman–Crippen MR) is 75.4 cm³/mol. The fourth-order valence-electron chi connectivity index (χ4n) is 1.87. The summed E-state index contributed by atoms with van der Waals surface area (Å²) < 4.78 is 12.3. The molecule has 1 aromatic rings. The average Bonchev–Trinajstić information content (AvgIpc) is 2.38. The Morgan fingerprint density at radius 3 is 2.58 bits per heavy atom. The topological polar surface area (TPSA) is 72.2 Å². The quantitative estimate of drug-likeness (QED) is 0.820. The van der Waals surface area contributed by atoms with E-state index in [1.807, 2.05) is 30.3 Å². The lowest BCUT2D eigenvalue weighted by Crippen LogP contribution is -2.54. The van der Waals surface area contributed by atoms with E-state index in [1.54, 1.807) is 18.2 Å². The molecule has 1 aromatic carbocycles. The summed E-state index contributed by atoms with van der Waals surface area (Å²) in [6, 6.07) is 9.23. The van der Waals surface area contributed by atoms with Gasteiger partial charge in [-0.2, -0.15) is 0 Å². The van der Waals surface area contributed by atoms with Crippen molar-refractivity contribution in [3.63, 3.8) is 0 Å². The molecule has 5 heteroatoms. The molecule has 0 radical (unpaired) electrons. The zero-order valence-electron chi connectivity index (χ0n) is 10.6. The van der Waals surface area contributed by atoms with Crippen LogP contribution in [0.2, 0.25) is 0 Å². The molecule has 1 aliphatic rings. The Labute approximate surface area is 114 Å². The van der Waals surface area contributed by atoms with Crippen LogP contribution in [-0.4, -0.2) is 15.8 Å². The molecule has 2 rings (SSSR count). The minimum absolute atomic E-state index is 0.187. The molecule has 0 heterocycles. The first-order valence-electron chi connectivity index (χ1n) is 5.94. The molecule has 0 bridgehead atoms. The monoisotopic (exact) mass is 276 g/mol. The number of nitrogens with two attached hydrogens (primary N) is 1. The Kier molecular flexibility index (Phi) is 3.97. The van der Waals surface area contributed by atoms with Crippen molar-refractivity contribution in [2.75, 3.05) is 0 Å². The first-order valence-corrected chi connectivity index (χ1v) is 7.09. The first-order chi connectivity index (χ1) is 9.00. The number of hydrogen-bond donors (Lipinski definition) is 2. The maximum absolute atomic E-state index is 12.3. The lowest BCUT2D eigenvalue weighted by atomic mass is 10.0. The number of benzene rings is 1. The zero-order chi connectivity index (χ0) is 13.9. The minimum Gasteiger partial charge on any atom is -0.335 e. The maximum atomic E-state index is 12.3. The lowest BCUT2D eigenvalue weighted by Gasteiger charge is -2.28. The normalized spacial score (nSPS) is 23.6. The summed E-state index contributed by atoms with van der Waals surface area (Å²) in [6.07, 6.45) is 5.63. The summed E-state index contributed by atoms with van der Waals surface area (Å²) in [5.74, 6) is -0.187. The molecule has 0 aromatic heterocycles. The van der Waals surface area contributed by atoms with Crippen LogP contribution in [0.15, 0.2) is 58.4 Å². The van der Waals surface area contributed by atoms with Crippen molar-refractivity contribution in [2.24, 2.45) is 5.73 Å². The molecule has 1 aliphatic carbocycles. The second kappa shape index (κ2) is 5.50. The molecular weight excluding hydrogens is 260 g/mol. The summed E-state index contributed by atoms with van der Waals surface area (Å²) in [5, 5.41) is 2.67. The van der Waals surface area contributed by atoms with Gasteiger partial charge in [-0.05, 0) is 24.3 Å². The fourth-order valence-corrected chi connectivity index (χ4v) is 2.98. The van der Waals surface area contributed by atoms with Gasteiger partial charge in [0, 0.05) is 23.1 Å². The average molecular weight is 276 g/mol. The molecular formula is C14H16N2O2S. The third-order valence-electron chi connectivity index (χ3n) is 2.77. The second-order valence-corrected chi connectivity index (χ2v) is 5.93. The lowest BCUT2D eigenvalue weighted by molar-refractivity contribution is -0.120. The van der Waals surface area contributed by atoms with Gasteiger partial charge in [0.15, 0.2) is 0 Å². The number of carbonyl (C=O) groups excluding carboxylic acids is 1. The van der Waals surface area contributed by atoms with E-state index in [0.717, 1.165) is 4.90 Å². The number of rotatable bonds is 3. The number of carbonyl (C=O) groups is 1. The van der Waals surface area contributed by atoms with Gasteiger partial charge in [-0.3, -0.25) is 4.79 Å². The molecule has 0 spiro atoms. The highest BCUT2D eigenvalue weighted by molar-refractivity contribution is 7.89. The highest BCUT2D eigenvalue weighted by atomic mass is 32.2. The van der Waals surface area contributed by atoms with Crippen LogP contribution in [0.5, 0.6) is 0 Å². The van der Waals surface area contributed by atoms with Crippen LogP contribution in [0.25, 0.3) is 0 Å². The standard InChI is InChI=1S/C14H16N2O2S/c1-11(17)16-14(15)9-7-13(8-10-14)19(18)12-5-3-2-4-6-12/h2-9H,10,15H2,1H3,(H,16,17)/t14-,19+/m1/s1.